The number of piperidine rings is 1. The molecule has 20 heavy (non-hydrogen) atoms. The number of ether oxygens (including phenoxy) is 2. The van der Waals surface area contributed by atoms with Crippen LogP contribution in [-0.2, 0) is 14.3 Å². The molecule has 1 N–H and O–H groups in total. The topological polar surface area (TPSA) is 50.8 Å². The molecule has 2 rings (SSSR count). The third kappa shape index (κ3) is 4.17. The first kappa shape index (κ1) is 15.7. The lowest BCUT2D eigenvalue weighted by molar-refractivity contribution is -0.151. The van der Waals surface area contributed by atoms with Gasteiger partial charge in [-0.3, -0.25) is 10.1 Å². The van der Waals surface area contributed by atoms with Crippen molar-refractivity contribution in [2.24, 2.45) is 0 Å². The first-order chi connectivity index (χ1) is 9.57. The summed E-state index contributed by atoms with van der Waals surface area (Å²) in [6.45, 7) is 6.97. The maximum Gasteiger partial charge on any atom is 0.327 e. The summed E-state index contributed by atoms with van der Waals surface area (Å²) < 4.78 is 10.7. The molecule has 1 unspecified atom stereocenters. The number of nitrogens with zero attached hydrogens (tertiary/aromatic N) is 1. The fourth-order valence-electron chi connectivity index (χ4n) is 2.89. The minimum absolute atomic E-state index is 0.124. The summed E-state index contributed by atoms with van der Waals surface area (Å²) in [5.74, 6) is -0.124. The van der Waals surface area contributed by atoms with E-state index in [-0.39, 0.29) is 5.97 Å². The number of esters is 1. The number of hydrogen-bond acceptors (Lipinski definition) is 5. The van der Waals surface area contributed by atoms with E-state index in [1.165, 1.54) is 12.8 Å². The standard InChI is InChI=1S/C15H28N2O3/c1-4-20-14(18)15(2,16-12-5-6-12)11-17-9-7-13(19-3)8-10-17/h12-13,16H,4-11H2,1-3H3. The monoisotopic (exact) mass is 284 g/mol. The number of carbonyl (C=O) groups is 1. The van der Waals surface area contributed by atoms with Crippen LogP contribution >= 0.6 is 0 Å². The molecule has 2 fully saturated rings. The van der Waals surface area contributed by atoms with Gasteiger partial charge in [0.05, 0.1) is 12.7 Å². The largest absolute Gasteiger partial charge is 0.465 e. The van der Waals surface area contributed by atoms with Crippen molar-refractivity contribution in [2.75, 3.05) is 33.4 Å². The van der Waals surface area contributed by atoms with E-state index < -0.39 is 5.54 Å². The molecule has 1 heterocycles. The van der Waals surface area contributed by atoms with Gasteiger partial charge in [-0.25, -0.2) is 0 Å². The number of hydrogen-bond donors (Lipinski definition) is 1. The summed E-state index contributed by atoms with van der Waals surface area (Å²) in [6.07, 6.45) is 4.79. The van der Waals surface area contributed by atoms with Crippen LogP contribution in [0.25, 0.3) is 0 Å². The second kappa shape index (κ2) is 6.87. The van der Waals surface area contributed by atoms with Gasteiger partial charge in [0.1, 0.15) is 5.54 Å². The van der Waals surface area contributed by atoms with Crippen molar-refractivity contribution in [3.8, 4) is 0 Å². The van der Waals surface area contributed by atoms with E-state index in [1.807, 2.05) is 13.8 Å². The molecule has 1 saturated heterocycles. The van der Waals surface area contributed by atoms with Crippen LogP contribution in [0.4, 0.5) is 0 Å². The van der Waals surface area contributed by atoms with Crippen LogP contribution in [0.3, 0.4) is 0 Å². The van der Waals surface area contributed by atoms with Crippen molar-refractivity contribution in [3.63, 3.8) is 0 Å². The highest BCUT2D eigenvalue weighted by atomic mass is 16.5. The molecule has 0 amide bonds. The fraction of sp³-hybridized carbons (Fsp3) is 0.933. The molecule has 1 aliphatic heterocycles. The summed E-state index contributed by atoms with van der Waals surface area (Å²) in [6, 6.07) is 0.487. The summed E-state index contributed by atoms with van der Waals surface area (Å²) in [7, 11) is 1.78. The third-order valence-electron chi connectivity index (χ3n) is 4.23. The molecule has 1 atom stereocenters. The zero-order valence-corrected chi connectivity index (χ0v) is 13.0. The van der Waals surface area contributed by atoms with Gasteiger partial charge in [-0.1, -0.05) is 0 Å². The van der Waals surface area contributed by atoms with E-state index in [1.54, 1.807) is 7.11 Å². The lowest BCUT2D eigenvalue weighted by Gasteiger charge is -2.38. The molecule has 5 heteroatoms. The van der Waals surface area contributed by atoms with Crippen LogP contribution in [-0.4, -0.2) is 61.9 Å². The molecule has 0 spiro atoms. The van der Waals surface area contributed by atoms with Crippen LogP contribution in [0.5, 0.6) is 0 Å². The van der Waals surface area contributed by atoms with E-state index >= 15 is 0 Å². The Balaban J connectivity index is 1.91. The predicted molar refractivity (Wildman–Crippen MR) is 77.7 cm³/mol. The lowest BCUT2D eigenvalue weighted by Crippen LogP contribution is -2.59. The zero-order chi connectivity index (χ0) is 14.6. The average molecular weight is 284 g/mol. The normalized spacial score (nSPS) is 24.4. The van der Waals surface area contributed by atoms with Crippen LogP contribution in [0.1, 0.15) is 39.5 Å². The maximum absolute atomic E-state index is 12.3. The van der Waals surface area contributed by atoms with Gasteiger partial charge >= 0.3 is 5.97 Å². The molecule has 0 bridgehead atoms. The molecule has 2 aliphatic rings. The van der Waals surface area contributed by atoms with Crippen molar-refractivity contribution in [1.82, 2.24) is 10.2 Å². The summed E-state index contributed by atoms with van der Waals surface area (Å²) in [4.78, 5) is 14.6. The summed E-state index contributed by atoms with van der Waals surface area (Å²) in [5, 5.41) is 3.48. The maximum atomic E-state index is 12.3. The highest BCUT2D eigenvalue weighted by molar-refractivity contribution is 5.80. The predicted octanol–water partition coefficient (Wildman–Crippen LogP) is 1.17. The lowest BCUT2D eigenvalue weighted by atomic mass is 9.99. The van der Waals surface area contributed by atoms with Crippen LogP contribution in [0.15, 0.2) is 0 Å². The molecule has 5 nitrogen and oxygen atoms in total. The SMILES string of the molecule is CCOC(=O)C(C)(CN1CCC(OC)CC1)NC1CC1. The second-order valence-electron chi connectivity index (χ2n) is 6.18. The van der Waals surface area contributed by atoms with Gasteiger partial charge in [0.2, 0.25) is 0 Å². The summed E-state index contributed by atoms with van der Waals surface area (Å²) in [5.41, 5.74) is -0.586. The van der Waals surface area contributed by atoms with Gasteiger partial charge in [0.15, 0.2) is 0 Å². The number of methoxy groups -OCH3 is 1. The Morgan fingerprint density at radius 2 is 1.95 bits per heavy atom. The molecule has 0 aromatic carbocycles. The van der Waals surface area contributed by atoms with Gasteiger partial charge in [-0.15, -0.1) is 0 Å². The molecule has 1 aliphatic carbocycles. The minimum atomic E-state index is -0.586. The Bertz CT molecular complexity index is 325. The van der Waals surface area contributed by atoms with Crippen LogP contribution in [0.2, 0.25) is 0 Å². The number of likely N-dealkylation sites (tertiary alicyclic amines) is 1. The fourth-order valence-corrected chi connectivity index (χ4v) is 2.89. The molecule has 1 saturated carbocycles. The molecule has 116 valence electrons. The molecule has 0 radical (unpaired) electrons. The van der Waals surface area contributed by atoms with Gasteiger partial charge < -0.3 is 14.4 Å². The number of nitrogens with one attached hydrogen (secondary N) is 1. The first-order valence-electron chi connectivity index (χ1n) is 7.77. The van der Waals surface area contributed by atoms with Gasteiger partial charge in [0.25, 0.3) is 0 Å². The van der Waals surface area contributed by atoms with Crippen molar-refractivity contribution in [3.05, 3.63) is 0 Å². The summed E-state index contributed by atoms with van der Waals surface area (Å²) >= 11 is 0. The molecule has 0 aromatic rings. The quantitative estimate of drug-likeness (QED) is 0.711. The van der Waals surface area contributed by atoms with E-state index in [0.717, 1.165) is 32.5 Å². The smallest absolute Gasteiger partial charge is 0.327 e. The molecular weight excluding hydrogens is 256 g/mol. The molecular formula is C15H28N2O3. The van der Waals surface area contributed by atoms with Crippen molar-refractivity contribution < 1.29 is 14.3 Å². The van der Waals surface area contributed by atoms with E-state index in [0.29, 0.717) is 18.8 Å². The Morgan fingerprint density at radius 1 is 1.30 bits per heavy atom. The average Bonchev–Trinajstić information content (AvgIpc) is 3.23. The minimum Gasteiger partial charge on any atom is -0.465 e. The second-order valence-corrected chi connectivity index (χ2v) is 6.18. The van der Waals surface area contributed by atoms with E-state index in [4.69, 9.17) is 9.47 Å². The third-order valence-corrected chi connectivity index (χ3v) is 4.23. The highest BCUT2D eigenvalue weighted by Gasteiger charge is 2.41. The van der Waals surface area contributed by atoms with E-state index in [2.05, 4.69) is 10.2 Å². The van der Waals surface area contributed by atoms with Crippen LogP contribution < -0.4 is 5.32 Å². The van der Waals surface area contributed by atoms with Crippen LogP contribution in [0, 0.1) is 0 Å². The Hall–Kier alpha value is -0.650. The van der Waals surface area contributed by atoms with Crippen molar-refractivity contribution in [1.29, 1.82) is 0 Å². The highest BCUT2D eigenvalue weighted by Crippen LogP contribution is 2.25. The first-order valence-corrected chi connectivity index (χ1v) is 7.77. The van der Waals surface area contributed by atoms with Gasteiger partial charge in [0, 0.05) is 32.8 Å². The van der Waals surface area contributed by atoms with Crippen molar-refractivity contribution >= 4 is 5.97 Å². The van der Waals surface area contributed by atoms with Gasteiger partial charge in [-0.05, 0) is 39.5 Å². The van der Waals surface area contributed by atoms with E-state index in [9.17, 15) is 4.79 Å². The Labute approximate surface area is 122 Å². The number of carbonyl (C=O) groups excluding carboxylic acids is 1. The van der Waals surface area contributed by atoms with Gasteiger partial charge in [-0.2, -0.15) is 0 Å². The molecule has 0 aromatic heterocycles. The number of rotatable bonds is 7. The zero-order valence-electron chi connectivity index (χ0n) is 13.0. The Morgan fingerprint density at radius 3 is 2.45 bits per heavy atom. The Kier molecular flexibility index (Phi) is 5.41. The van der Waals surface area contributed by atoms with Crippen molar-refractivity contribution in [2.45, 2.75) is 57.2 Å².